The van der Waals surface area contributed by atoms with E-state index < -0.39 is 0 Å². The molecule has 0 bridgehead atoms. The first-order valence-corrected chi connectivity index (χ1v) is 9.28. The van der Waals surface area contributed by atoms with E-state index in [0.717, 1.165) is 31.7 Å². The van der Waals surface area contributed by atoms with Gasteiger partial charge in [-0.2, -0.15) is 0 Å². The van der Waals surface area contributed by atoms with Crippen LogP contribution in [-0.2, 0) is 17.9 Å². The lowest BCUT2D eigenvalue weighted by molar-refractivity contribution is -0.122. The first-order chi connectivity index (χ1) is 13.0. The summed E-state index contributed by atoms with van der Waals surface area (Å²) in [6.07, 6.45) is 0. The molecule has 7 heteroatoms. The SMILES string of the molecule is O=C(CN1CCN(Cc2ccc(F)cc2Cl)CC1)NCc1ccccc1F. The van der Waals surface area contributed by atoms with Crippen molar-refractivity contribution < 1.29 is 13.6 Å². The molecule has 0 aliphatic carbocycles. The van der Waals surface area contributed by atoms with Crippen LogP contribution in [-0.4, -0.2) is 48.4 Å². The van der Waals surface area contributed by atoms with Gasteiger partial charge in [0.2, 0.25) is 5.91 Å². The molecular formula is C20H22ClF2N3O. The highest BCUT2D eigenvalue weighted by Crippen LogP contribution is 2.19. The Morgan fingerprint density at radius 1 is 1.00 bits per heavy atom. The van der Waals surface area contributed by atoms with Crippen LogP contribution >= 0.6 is 11.6 Å². The summed E-state index contributed by atoms with van der Waals surface area (Å²) >= 11 is 6.09. The molecule has 1 saturated heterocycles. The van der Waals surface area contributed by atoms with E-state index in [0.29, 0.717) is 23.7 Å². The minimum Gasteiger partial charge on any atom is -0.351 e. The summed E-state index contributed by atoms with van der Waals surface area (Å²) in [6.45, 7) is 4.25. The van der Waals surface area contributed by atoms with Gasteiger partial charge in [-0.3, -0.25) is 14.6 Å². The second-order valence-corrected chi connectivity index (χ2v) is 7.06. The highest BCUT2D eigenvalue weighted by molar-refractivity contribution is 6.31. The van der Waals surface area contributed by atoms with Crippen molar-refractivity contribution >= 4 is 17.5 Å². The number of carbonyl (C=O) groups is 1. The van der Waals surface area contributed by atoms with Gasteiger partial charge in [-0.05, 0) is 23.8 Å². The van der Waals surface area contributed by atoms with E-state index in [4.69, 9.17) is 11.6 Å². The maximum Gasteiger partial charge on any atom is 0.234 e. The maximum absolute atomic E-state index is 13.6. The van der Waals surface area contributed by atoms with Gasteiger partial charge in [-0.1, -0.05) is 35.9 Å². The zero-order chi connectivity index (χ0) is 19.2. The fourth-order valence-electron chi connectivity index (χ4n) is 3.09. The predicted octanol–water partition coefficient (Wildman–Crippen LogP) is 3.05. The number of nitrogens with zero attached hydrogens (tertiary/aromatic N) is 2. The van der Waals surface area contributed by atoms with Crippen LogP contribution in [0.5, 0.6) is 0 Å². The molecule has 3 rings (SSSR count). The molecule has 0 spiro atoms. The molecule has 0 unspecified atom stereocenters. The molecule has 2 aromatic carbocycles. The number of benzene rings is 2. The molecule has 4 nitrogen and oxygen atoms in total. The van der Waals surface area contributed by atoms with Crippen LogP contribution in [0.4, 0.5) is 8.78 Å². The van der Waals surface area contributed by atoms with Gasteiger partial charge in [-0.15, -0.1) is 0 Å². The van der Waals surface area contributed by atoms with Gasteiger partial charge < -0.3 is 5.32 Å². The second kappa shape index (κ2) is 9.26. The van der Waals surface area contributed by atoms with Crippen LogP contribution in [0.1, 0.15) is 11.1 Å². The standard InChI is InChI=1S/C20H22ClF2N3O/c21-18-11-17(22)6-5-16(18)13-25-7-9-26(10-8-25)14-20(27)24-12-15-3-1-2-4-19(15)23/h1-6,11H,7-10,12-14H2,(H,24,27). The van der Waals surface area contributed by atoms with Crippen molar-refractivity contribution in [2.75, 3.05) is 32.7 Å². The van der Waals surface area contributed by atoms with Crippen LogP contribution in [0, 0.1) is 11.6 Å². The van der Waals surface area contributed by atoms with Crippen LogP contribution in [0.2, 0.25) is 5.02 Å². The Morgan fingerprint density at radius 3 is 2.41 bits per heavy atom. The molecule has 1 aliphatic rings. The number of hydrogen-bond acceptors (Lipinski definition) is 3. The van der Waals surface area contributed by atoms with E-state index in [2.05, 4.69) is 15.1 Å². The molecular weight excluding hydrogens is 372 g/mol. The average Bonchev–Trinajstić information content (AvgIpc) is 2.65. The number of amides is 1. The predicted molar refractivity (Wildman–Crippen MR) is 101 cm³/mol. The van der Waals surface area contributed by atoms with Crippen molar-refractivity contribution in [1.29, 1.82) is 0 Å². The maximum atomic E-state index is 13.6. The number of carbonyl (C=O) groups excluding carboxylic acids is 1. The van der Waals surface area contributed by atoms with E-state index >= 15 is 0 Å². The van der Waals surface area contributed by atoms with Gasteiger partial charge in [0.25, 0.3) is 0 Å². The fourth-order valence-corrected chi connectivity index (χ4v) is 3.32. The lowest BCUT2D eigenvalue weighted by atomic mass is 10.2. The summed E-state index contributed by atoms with van der Waals surface area (Å²) in [4.78, 5) is 16.4. The topological polar surface area (TPSA) is 35.6 Å². The molecule has 0 atom stereocenters. The highest BCUT2D eigenvalue weighted by Gasteiger charge is 2.19. The van der Waals surface area contributed by atoms with Crippen molar-refractivity contribution in [3.05, 3.63) is 70.2 Å². The van der Waals surface area contributed by atoms with Gasteiger partial charge in [0.05, 0.1) is 6.54 Å². The third-order valence-corrected chi connectivity index (χ3v) is 5.03. The van der Waals surface area contributed by atoms with Crippen molar-refractivity contribution in [2.45, 2.75) is 13.1 Å². The van der Waals surface area contributed by atoms with Crippen molar-refractivity contribution in [3.8, 4) is 0 Å². The third-order valence-electron chi connectivity index (χ3n) is 4.68. The number of piperazine rings is 1. The van der Waals surface area contributed by atoms with Crippen molar-refractivity contribution in [1.82, 2.24) is 15.1 Å². The Hall–Kier alpha value is -2.02. The van der Waals surface area contributed by atoms with E-state index in [1.165, 1.54) is 18.2 Å². The smallest absolute Gasteiger partial charge is 0.234 e. The Morgan fingerprint density at radius 2 is 1.70 bits per heavy atom. The summed E-state index contributed by atoms with van der Waals surface area (Å²) in [5, 5.41) is 3.20. The number of rotatable bonds is 6. The molecule has 1 N–H and O–H groups in total. The molecule has 1 heterocycles. The molecule has 0 saturated carbocycles. The van der Waals surface area contributed by atoms with E-state index in [-0.39, 0.29) is 24.1 Å². The van der Waals surface area contributed by atoms with Crippen LogP contribution in [0.15, 0.2) is 42.5 Å². The summed E-state index contributed by atoms with van der Waals surface area (Å²) in [5.41, 5.74) is 1.38. The number of halogens is 3. The summed E-state index contributed by atoms with van der Waals surface area (Å²) in [5.74, 6) is -0.769. The van der Waals surface area contributed by atoms with Gasteiger partial charge in [0.15, 0.2) is 0 Å². The van der Waals surface area contributed by atoms with E-state index in [1.807, 2.05) is 0 Å². The summed E-state index contributed by atoms with van der Waals surface area (Å²) < 4.78 is 26.7. The summed E-state index contributed by atoms with van der Waals surface area (Å²) in [6, 6.07) is 10.9. The fraction of sp³-hybridized carbons (Fsp3) is 0.350. The monoisotopic (exact) mass is 393 g/mol. The Bertz CT molecular complexity index is 795. The minimum absolute atomic E-state index is 0.117. The molecule has 1 amide bonds. The third kappa shape index (κ3) is 5.73. The Kier molecular flexibility index (Phi) is 6.77. The van der Waals surface area contributed by atoms with Crippen molar-refractivity contribution in [2.24, 2.45) is 0 Å². The first-order valence-electron chi connectivity index (χ1n) is 8.90. The average molecular weight is 394 g/mol. The van der Waals surface area contributed by atoms with Gasteiger partial charge in [-0.25, -0.2) is 8.78 Å². The molecule has 2 aromatic rings. The molecule has 1 aliphatic heterocycles. The van der Waals surface area contributed by atoms with E-state index in [1.54, 1.807) is 24.3 Å². The number of nitrogens with one attached hydrogen (secondary N) is 1. The van der Waals surface area contributed by atoms with Gasteiger partial charge in [0.1, 0.15) is 11.6 Å². The number of hydrogen-bond donors (Lipinski definition) is 1. The second-order valence-electron chi connectivity index (χ2n) is 6.66. The van der Waals surface area contributed by atoms with Gasteiger partial charge >= 0.3 is 0 Å². The van der Waals surface area contributed by atoms with Crippen LogP contribution in [0.3, 0.4) is 0 Å². The van der Waals surface area contributed by atoms with Crippen LogP contribution < -0.4 is 5.32 Å². The Balaban J connectivity index is 1.41. The molecule has 0 radical (unpaired) electrons. The first kappa shape index (κ1) is 19.7. The molecule has 0 aromatic heterocycles. The molecule has 1 fully saturated rings. The normalized spacial score (nSPS) is 15.7. The Labute approximate surface area is 162 Å². The quantitative estimate of drug-likeness (QED) is 0.819. The van der Waals surface area contributed by atoms with E-state index in [9.17, 15) is 13.6 Å². The zero-order valence-corrected chi connectivity index (χ0v) is 15.7. The zero-order valence-electron chi connectivity index (χ0n) is 14.9. The molecule has 144 valence electrons. The lowest BCUT2D eigenvalue weighted by Crippen LogP contribution is -2.49. The van der Waals surface area contributed by atoms with Gasteiger partial charge in [0, 0.05) is 49.9 Å². The van der Waals surface area contributed by atoms with Crippen molar-refractivity contribution in [3.63, 3.8) is 0 Å². The minimum atomic E-state index is -0.338. The lowest BCUT2D eigenvalue weighted by Gasteiger charge is -2.34. The highest BCUT2D eigenvalue weighted by atomic mass is 35.5. The van der Waals surface area contributed by atoms with Crippen LogP contribution in [0.25, 0.3) is 0 Å². The largest absolute Gasteiger partial charge is 0.351 e. The summed E-state index contributed by atoms with van der Waals surface area (Å²) in [7, 11) is 0. The molecule has 27 heavy (non-hydrogen) atoms.